The van der Waals surface area contributed by atoms with E-state index in [-0.39, 0.29) is 6.67 Å². The van der Waals surface area contributed by atoms with E-state index in [9.17, 15) is 4.39 Å². The number of rotatable bonds is 24. The molecule has 1 atom stereocenters. The Bertz CT molecular complexity index is 273. The lowest BCUT2D eigenvalue weighted by Crippen LogP contribution is -2.20. The zero-order valence-corrected chi connectivity index (χ0v) is 19.3. The van der Waals surface area contributed by atoms with Crippen molar-refractivity contribution in [1.82, 2.24) is 0 Å². The molecule has 0 radical (unpaired) electrons. The molecule has 0 saturated carbocycles. The van der Waals surface area contributed by atoms with Gasteiger partial charge in [-0.3, -0.25) is 4.39 Å². The minimum absolute atomic E-state index is 0.138. The first-order valence-corrected chi connectivity index (χ1v) is 12.6. The largest absolute Gasteiger partial charge is 0.379 e. The van der Waals surface area contributed by atoms with Gasteiger partial charge in [-0.15, -0.1) is 0 Å². The second-order valence-corrected chi connectivity index (χ2v) is 8.35. The topological polar surface area (TPSA) is 18.5 Å². The monoisotopic (exact) mass is 402 g/mol. The van der Waals surface area contributed by atoms with E-state index in [1.165, 1.54) is 89.9 Å². The maximum Gasteiger partial charge on any atom is 0.0894 e. The minimum Gasteiger partial charge on any atom is -0.379 e. The number of unbranched alkanes of at least 4 members (excludes halogenated alkanes) is 14. The molecule has 0 aliphatic carbocycles. The molecule has 0 rings (SSSR count). The Labute approximate surface area is 176 Å². The number of ether oxygens (including phenoxy) is 2. The Balaban J connectivity index is 3.21. The summed E-state index contributed by atoms with van der Waals surface area (Å²) in [6.07, 6.45) is 22.8. The molecule has 2 nitrogen and oxygen atoms in total. The van der Waals surface area contributed by atoms with Crippen molar-refractivity contribution in [1.29, 1.82) is 0 Å². The highest BCUT2D eigenvalue weighted by atomic mass is 19.1. The molecule has 1 unspecified atom stereocenters. The van der Waals surface area contributed by atoms with Gasteiger partial charge in [0.15, 0.2) is 0 Å². The lowest BCUT2D eigenvalue weighted by molar-refractivity contribution is -0.0223. The van der Waals surface area contributed by atoms with Crippen LogP contribution in [-0.4, -0.2) is 32.6 Å². The minimum atomic E-state index is -0.138. The van der Waals surface area contributed by atoms with Crippen molar-refractivity contribution in [3.63, 3.8) is 0 Å². The van der Waals surface area contributed by atoms with Crippen LogP contribution in [0.4, 0.5) is 4.39 Å². The van der Waals surface area contributed by atoms with Gasteiger partial charge in [0.05, 0.1) is 19.4 Å². The maximum atomic E-state index is 12.0. The molecule has 170 valence electrons. The van der Waals surface area contributed by atoms with Gasteiger partial charge in [-0.25, -0.2) is 0 Å². The van der Waals surface area contributed by atoms with Crippen molar-refractivity contribution in [2.45, 2.75) is 136 Å². The summed E-state index contributed by atoms with van der Waals surface area (Å²) in [5.41, 5.74) is 0. The van der Waals surface area contributed by atoms with Crippen molar-refractivity contribution in [3.8, 4) is 0 Å². The molecular weight excluding hydrogens is 351 g/mol. The van der Waals surface area contributed by atoms with Gasteiger partial charge in [-0.2, -0.15) is 0 Å². The van der Waals surface area contributed by atoms with Crippen LogP contribution in [0.2, 0.25) is 0 Å². The predicted molar refractivity (Wildman–Crippen MR) is 121 cm³/mol. The smallest absolute Gasteiger partial charge is 0.0894 e. The van der Waals surface area contributed by atoms with Crippen LogP contribution in [0.5, 0.6) is 0 Å². The molecule has 0 N–H and O–H groups in total. The summed E-state index contributed by atoms with van der Waals surface area (Å²) in [6.45, 7) is 6.82. The van der Waals surface area contributed by atoms with E-state index in [1.807, 2.05) is 0 Å². The zero-order valence-electron chi connectivity index (χ0n) is 19.3. The molecule has 0 spiro atoms. The van der Waals surface area contributed by atoms with Crippen LogP contribution in [0.3, 0.4) is 0 Å². The highest BCUT2D eigenvalue weighted by molar-refractivity contribution is 4.56. The molecule has 0 saturated heterocycles. The number of hydrogen-bond donors (Lipinski definition) is 0. The van der Waals surface area contributed by atoms with E-state index in [2.05, 4.69) is 13.8 Å². The van der Waals surface area contributed by atoms with Gasteiger partial charge in [0.1, 0.15) is 0 Å². The third-order valence-electron chi connectivity index (χ3n) is 5.44. The van der Waals surface area contributed by atoms with Crippen LogP contribution in [-0.2, 0) is 9.47 Å². The quantitative estimate of drug-likeness (QED) is 0.151. The number of hydrogen-bond acceptors (Lipinski definition) is 2. The van der Waals surface area contributed by atoms with Crippen molar-refractivity contribution in [2.24, 2.45) is 0 Å². The molecule has 3 heteroatoms. The van der Waals surface area contributed by atoms with Gasteiger partial charge < -0.3 is 9.47 Å². The molecule has 0 aliphatic rings. The molecule has 0 heterocycles. The normalized spacial score (nSPS) is 12.5. The first-order valence-electron chi connectivity index (χ1n) is 12.6. The second-order valence-electron chi connectivity index (χ2n) is 8.35. The van der Waals surface area contributed by atoms with E-state index in [1.54, 1.807) is 0 Å². The van der Waals surface area contributed by atoms with Gasteiger partial charge in [0.25, 0.3) is 0 Å². The van der Waals surface area contributed by atoms with E-state index in [0.29, 0.717) is 6.10 Å². The second kappa shape index (κ2) is 24.9. The van der Waals surface area contributed by atoms with Crippen LogP contribution >= 0.6 is 0 Å². The molecule has 0 bridgehead atoms. The fraction of sp³-hybridized carbons (Fsp3) is 1.00. The molecular formula is C25H51FO2. The van der Waals surface area contributed by atoms with E-state index in [0.717, 1.165) is 45.5 Å². The first-order chi connectivity index (χ1) is 13.8. The van der Waals surface area contributed by atoms with E-state index < -0.39 is 0 Å². The van der Waals surface area contributed by atoms with Crippen molar-refractivity contribution >= 4 is 0 Å². The van der Waals surface area contributed by atoms with Crippen molar-refractivity contribution in [3.05, 3.63) is 0 Å². The summed E-state index contributed by atoms with van der Waals surface area (Å²) in [5, 5.41) is 0. The summed E-state index contributed by atoms with van der Waals surface area (Å²) in [5.74, 6) is 0. The fourth-order valence-electron chi connectivity index (χ4n) is 3.57. The zero-order chi connectivity index (χ0) is 20.5. The van der Waals surface area contributed by atoms with Gasteiger partial charge in [0, 0.05) is 13.2 Å². The Morgan fingerprint density at radius 1 is 0.571 bits per heavy atom. The summed E-state index contributed by atoms with van der Waals surface area (Å²) >= 11 is 0. The summed E-state index contributed by atoms with van der Waals surface area (Å²) in [6, 6.07) is 0. The molecule has 0 aliphatic heterocycles. The van der Waals surface area contributed by atoms with Gasteiger partial charge in [0.2, 0.25) is 0 Å². The molecule has 0 fully saturated rings. The highest BCUT2D eigenvalue weighted by Gasteiger charge is 2.07. The predicted octanol–water partition coefficient (Wildman–Crippen LogP) is 8.42. The van der Waals surface area contributed by atoms with Gasteiger partial charge in [-0.05, 0) is 25.7 Å². The van der Waals surface area contributed by atoms with Gasteiger partial charge in [-0.1, -0.05) is 104 Å². The van der Waals surface area contributed by atoms with E-state index >= 15 is 0 Å². The molecule has 28 heavy (non-hydrogen) atoms. The lowest BCUT2D eigenvalue weighted by Gasteiger charge is -2.17. The number of halogens is 1. The van der Waals surface area contributed by atoms with Gasteiger partial charge >= 0.3 is 0 Å². The van der Waals surface area contributed by atoms with Crippen LogP contribution in [0.15, 0.2) is 0 Å². The third-order valence-corrected chi connectivity index (χ3v) is 5.44. The summed E-state index contributed by atoms with van der Waals surface area (Å²) in [7, 11) is 0. The summed E-state index contributed by atoms with van der Waals surface area (Å²) < 4.78 is 23.7. The standard InChI is InChI=1S/C25H51FO2/c1-3-5-23-28-25(20-4-2)24-27-22-19-17-15-13-11-9-7-6-8-10-12-14-16-18-21-26/h25H,3-24H2,1-2H3. The average molecular weight is 403 g/mol. The van der Waals surface area contributed by atoms with E-state index in [4.69, 9.17) is 9.47 Å². The Morgan fingerprint density at radius 3 is 1.54 bits per heavy atom. The van der Waals surface area contributed by atoms with Crippen LogP contribution in [0.1, 0.15) is 129 Å². The van der Waals surface area contributed by atoms with Crippen LogP contribution in [0.25, 0.3) is 0 Å². The van der Waals surface area contributed by atoms with Crippen molar-refractivity contribution in [2.75, 3.05) is 26.5 Å². The Morgan fingerprint density at radius 2 is 1.07 bits per heavy atom. The first kappa shape index (κ1) is 27.8. The van der Waals surface area contributed by atoms with Crippen LogP contribution in [0, 0.1) is 0 Å². The molecule has 0 aromatic heterocycles. The average Bonchev–Trinajstić information content (AvgIpc) is 2.70. The highest BCUT2D eigenvalue weighted by Crippen LogP contribution is 2.13. The SMILES string of the molecule is CCCCOC(CCC)COCCCCCCCCCCCCCCCCF. The maximum absolute atomic E-state index is 12.0. The Hall–Kier alpha value is -0.150. The summed E-state index contributed by atoms with van der Waals surface area (Å²) in [4.78, 5) is 0. The molecule has 0 aromatic carbocycles. The Kier molecular flexibility index (Phi) is 24.8. The molecule has 0 aromatic rings. The third kappa shape index (κ3) is 22.1. The van der Waals surface area contributed by atoms with Crippen molar-refractivity contribution < 1.29 is 13.9 Å². The lowest BCUT2D eigenvalue weighted by atomic mass is 10.0. The fourth-order valence-corrected chi connectivity index (χ4v) is 3.57. The van der Waals surface area contributed by atoms with Crippen LogP contribution < -0.4 is 0 Å². The number of alkyl halides is 1. The molecule has 0 amide bonds.